The van der Waals surface area contributed by atoms with Gasteiger partial charge in [-0.1, -0.05) is 18.2 Å². The number of amides is 2. The third kappa shape index (κ3) is 3.44. The van der Waals surface area contributed by atoms with Crippen LogP contribution in [0.25, 0.3) is 0 Å². The summed E-state index contributed by atoms with van der Waals surface area (Å²) in [6.45, 7) is 0.357. The van der Waals surface area contributed by atoms with Gasteiger partial charge in [0, 0.05) is 26.3 Å². The van der Waals surface area contributed by atoms with Crippen LogP contribution in [0.1, 0.15) is 37.5 Å². The van der Waals surface area contributed by atoms with E-state index < -0.39 is 5.97 Å². The maximum absolute atomic E-state index is 12.3. The molecule has 1 heterocycles. The molecule has 6 nitrogen and oxygen atoms in total. The molecule has 0 atom stereocenters. The summed E-state index contributed by atoms with van der Waals surface area (Å²) in [6.07, 6.45) is 0.393. The van der Waals surface area contributed by atoms with E-state index in [1.54, 1.807) is 42.5 Å². The molecule has 0 radical (unpaired) electrons. The van der Waals surface area contributed by atoms with Crippen LogP contribution in [0.3, 0.4) is 0 Å². The molecular weight excluding hydrogens is 332 g/mol. The molecule has 2 amide bonds. The second-order valence-electron chi connectivity index (χ2n) is 6.24. The average Bonchev–Trinajstić information content (AvgIpc) is 2.90. The normalized spacial score (nSPS) is 12.9. The molecule has 26 heavy (non-hydrogen) atoms. The van der Waals surface area contributed by atoms with Crippen LogP contribution in [0.15, 0.2) is 48.5 Å². The number of carbonyl (C=O) groups is 3. The second-order valence-corrected chi connectivity index (χ2v) is 6.24. The van der Waals surface area contributed by atoms with Crippen molar-refractivity contribution in [3.05, 3.63) is 65.2 Å². The molecule has 2 aromatic rings. The summed E-state index contributed by atoms with van der Waals surface area (Å²) < 4.78 is 5.26. The molecule has 0 unspecified atom stereocenters. The minimum Gasteiger partial charge on any atom is -0.462 e. The molecule has 0 aromatic heterocycles. The number of fused-ring (bicyclic) bond motifs is 1. The first-order valence-corrected chi connectivity index (χ1v) is 8.39. The van der Waals surface area contributed by atoms with Crippen molar-refractivity contribution in [2.45, 2.75) is 6.42 Å². The van der Waals surface area contributed by atoms with Gasteiger partial charge in [-0.3, -0.25) is 14.5 Å². The van der Waals surface area contributed by atoms with E-state index in [2.05, 4.69) is 0 Å². The van der Waals surface area contributed by atoms with Crippen molar-refractivity contribution in [2.75, 3.05) is 32.1 Å². The smallest absolute Gasteiger partial charge is 0.338 e. The van der Waals surface area contributed by atoms with Crippen molar-refractivity contribution in [1.82, 2.24) is 4.90 Å². The molecule has 0 bridgehead atoms. The number of carbonyl (C=O) groups excluding carboxylic acids is 3. The van der Waals surface area contributed by atoms with E-state index >= 15 is 0 Å². The highest BCUT2D eigenvalue weighted by molar-refractivity contribution is 6.21. The molecule has 1 aliphatic heterocycles. The van der Waals surface area contributed by atoms with Gasteiger partial charge >= 0.3 is 5.97 Å². The lowest BCUT2D eigenvalue weighted by Gasteiger charge is -2.14. The zero-order valence-electron chi connectivity index (χ0n) is 14.8. The van der Waals surface area contributed by atoms with Gasteiger partial charge < -0.3 is 9.64 Å². The van der Waals surface area contributed by atoms with Crippen LogP contribution < -0.4 is 4.90 Å². The van der Waals surface area contributed by atoms with Crippen LogP contribution in [0.2, 0.25) is 0 Å². The molecule has 0 aliphatic carbocycles. The Bertz CT molecular complexity index is 825. The highest BCUT2D eigenvalue weighted by atomic mass is 16.5. The summed E-state index contributed by atoms with van der Waals surface area (Å²) in [5.74, 6) is -1.01. The number of nitrogens with zero attached hydrogens (tertiary/aromatic N) is 2. The Hall–Kier alpha value is -3.15. The minimum atomic E-state index is -0.420. The first kappa shape index (κ1) is 17.7. The summed E-state index contributed by atoms with van der Waals surface area (Å²) in [4.78, 5) is 39.7. The first-order valence-electron chi connectivity index (χ1n) is 8.39. The number of benzene rings is 2. The van der Waals surface area contributed by atoms with Crippen LogP contribution in [0, 0.1) is 0 Å². The lowest BCUT2D eigenvalue weighted by molar-refractivity contribution is 0.0482. The van der Waals surface area contributed by atoms with Crippen molar-refractivity contribution in [3.8, 4) is 0 Å². The largest absolute Gasteiger partial charge is 0.462 e. The fourth-order valence-corrected chi connectivity index (χ4v) is 2.82. The van der Waals surface area contributed by atoms with E-state index in [0.717, 1.165) is 5.69 Å². The topological polar surface area (TPSA) is 66.9 Å². The van der Waals surface area contributed by atoms with Crippen LogP contribution in [0.4, 0.5) is 5.69 Å². The van der Waals surface area contributed by atoms with Gasteiger partial charge in [0.2, 0.25) is 0 Å². The van der Waals surface area contributed by atoms with Gasteiger partial charge in [-0.05, 0) is 36.8 Å². The fraction of sp³-hybridized carbons (Fsp3) is 0.250. The van der Waals surface area contributed by atoms with Gasteiger partial charge in [0.1, 0.15) is 0 Å². The fourth-order valence-electron chi connectivity index (χ4n) is 2.82. The standard InChI is InChI=1S/C20H20N2O4/c1-21(2)15-8-5-7-14(13-15)20(25)26-12-6-11-22-18(23)16-9-3-4-10-17(16)19(22)24/h3-5,7-10,13H,6,11-12H2,1-2H3. The average molecular weight is 352 g/mol. The Morgan fingerprint density at radius 3 is 2.27 bits per heavy atom. The maximum atomic E-state index is 12.3. The number of hydrogen-bond acceptors (Lipinski definition) is 5. The molecule has 3 rings (SSSR count). The summed E-state index contributed by atoms with van der Waals surface area (Å²) in [5.41, 5.74) is 2.23. The van der Waals surface area contributed by atoms with E-state index in [9.17, 15) is 14.4 Å². The Morgan fingerprint density at radius 2 is 1.65 bits per heavy atom. The number of ether oxygens (including phenoxy) is 1. The highest BCUT2D eigenvalue weighted by Crippen LogP contribution is 2.22. The zero-order chi connectivity index (χ0) is 18.7. The van der Waals surface area contributed by atoms with Gasteiger partial charge in [0.25, 0.3) is 11.8 Å². The van der Waals surface area contributed by atoms with Crippen LogP contribution >= 0.6 is 0 Å². The van der Waals surface area contributed by atoms with Crippen molar-refractivity contribution in [1.29, 1.82) is 0 Å². The molecule has 0 spiro atoms. The van der Waals surface area contributed by atoms with Crippen LogP contribution in [-0.4, -0.2) is 49.9 Å². The number of anilines is 1. The van der Waals surface area contributed by atoms with E-state index in [0.29, 0.717) is 23.1 Å². The van der Waals surface area contributed by atoms with Crippen molar-refractivity contribution in [2.24, 2.45) is 0 Å². The quantitative estimate of drug-likeness (QED) is 0.454. The maximum Gasteiger partial charge on any atom is 0.338 e. The third-order valence-corrected chi connectivity index (χ3v) is 4.24. The predicted octanol–water partition coefficient (Wildman–Crippen LogP) is 2.60. The highest BCUT2D eigenvalue weighted by Gasteiger charge is 2.34. The molecule has 1 aliphatic rings. The van der Waals surface area contributed by atoms with Gasteiger partial charge in [0.15, 0.2) is 0 Å². The number of hydrogen-bond donors (Lipinski definition) is 0. The number of esters is 1. The molecule has 0 fully saturated rings. The Balaban J connectivity index is 1.52. The van der Waals surface area contributed by atoms with Crippen LogP contribution in [0.5, 0.6) is 0 Å². The number of rotatable bonds is 6. The monoisotopic (exact) mass is 352 g/mol. The molecule has 0 saturated heterocycles. The summed E-state index contributed by atoms with van der Waals surface area (Å²) in [5, 5.41) is 0. The van der Waals surface area contributed by atoms with Gasteiger partial charge in [-0.2, -0.15) is 0 Å². The van der Waals surface area contributed by atoms with Crippen molar-refractivity contribution in [3.63, 3.8) is 0 Å². The van der Waals surface area contributed by atoms with Crippen molar-refractivity contribution < 1.29 is 19.1 Å². The molecule has 0 N–H and O–H groups in total. The molecule has 2 aromatic carbocycles. The Kier molecular flexibility index (Phi) is 5.02. The SMILES string of the molecule is CN(C)c1cccc(C(=O)OCCCN2C(=O)c3ccccc3C2=O)c1. The Labute approximate surface area is 152 Å². The van der Waals surface area contributed by atoms with Gasteiger partial charge in [-0.25, -0.2) is 4.79 Å². The van der Waals surface area contributed by atoms with E-state index in [-0.39, 0.29) is 25.0 Å². The lowest BCUT2D eigenvalue weighted by Crippen LogP contribution is -2.31. The summed E-state index contributed by atoms with van der Waals surface area (Å²) in [7, 11) is 3.79. The van der Waals surface area contributed by atoms with Crippen LogP contribution in [-0.2, 0) is 4.74 Å². The van der Waals surface area contributed by atoms with E-state index in [1.807, 2.05) is 25.1 Å². The molecular formula is C20H20N2O4. The van der Waals surface area contributed by atoms with E-state index in [1.165, 1.54) is 4.90 Å². The van der Waals surface area contributed by atoms with Crippen molar-refractivity contribution >= 4 is 23.5 Å². The zero-order valence-corrected chi connectivity index (χ0v) is 14.8. The van der Waals surface area contributed by atoms with Gasteiger partial charge in [0.05, 0.1) is 23.3 Å². The molecule has 0 saturated carbocycles. The first-order chi connectivity index (χ1) is 12.5. The molecule has 6 heteroatoms. The number of imide groups is 1. The minimum absolute atomic E-state index is 0.137. The van der Waals surface area contributed by atoms with E-state index in [4.69, 9.17) is 4.74 Å². The predicted molar refractivity (Wildman–Crippen MR) is 97.5 cm³/mol. The Morgan fingerprint density at radius 1 is 1.00 bits per heavy atom. The third-order valence-electron chi connectivity index (χ3n) is 4.24. The molecule has 134 valence electrons. The second kappa shape index (κ2) is 7.39. The summed E-state index contributed by atoms with van der Waals surface area (Å²) in [6, 6.07) is 13.9. The summed E-state index contributed by atoms with van der Waals surface area (Å²) >= 11 is 0. The lowest BCUT2D eigenvalue weighted by atomic mass is 10.1. The van der Waals surface area contributed by atoms with Gasteiger partial charge in [-0.15, -0.1) is 0 Å².